The van der Waals surface area contributed by atoms with Crippen LogP contribution in [0.5, 0.6) is 5.75 Å². The first kappa shape index (κ1) is 11.1. The number of aromatic nitrogens is 1. The fourth-order valence-corrected chi connectivity index (χ4v) is 1.16. The van der Waals surface area contributed by atoms with E-state index in [-0.39, 0.29) is 6.10 Å². The third-order valence-electron chi connectivity index (χ3n) is 1.59. The number of nitrogens with two attached hydrogens (primary N) is 1. The second-order valence-corrected chi connectivity index (χ2v) is 3.32. The molecule has 14 heavy (non-hydrogen) atoms. The van der Waals surface area contributed by atoms with Crippen LogP contribution in [0.2, 0.25) is 5.15 Å². The van der Waals surface area contributed by atoms with Gasteiger partial charge >= 0.3 is 0 Å². The van der Waals surface area contributed by atoms with E-state index in [9.17, 15) is 0 Å². The van der Waals surface area contributed by atoms with Gasteiger partial charge in [-0.1, -0.05) is 11.6 Å². The van der Waals surface area contributed by atoms with Crippen LogP contribution in [0.15, 0.2) is 12.3 Å². The molecule has 0 aliphatic heterocycles. The van der Waals surface area contributed by atoms with Crippen LogP contribution in [0.3, 0.4) is 0 Å². The van der Waals surface area contributed by atoms with Crippen LogP contribution >= 0.6 is 11.6 Å². The Morgan fingerprint density at radius 3 is 3.00 bits per heavy atom. The molecular weight excluding hydrogens is 204 g/mol. The minimum absolute atomic E-state index is 0.0687. The standard InChI is InChI=1S/C9H13ClN2O2/c1-6(5-13-2)14-8-3-9(10)12-4-7(8)11/h3-4,6H,5,11H2,1-2H3/t6-/m0/s1. The molecule has 0 aliphatic rings. The van der Waals surface area contributed by atoms with Crippen molar-refractivity contribution in [3.63, 3.8) is 0 Å². The van der Waals surface area contributed by atoms with Crippen molar-refractivity contribution in [1.82, 2.24) is 4.98 Å². The summed E-state index contributed by atoms with van der Waals surface area (Å²) in [6.45, 7) is 2.39. The maximum absolute atomic E-state index is 5.70. The Labute approximate surface area is 88.0 Å². The normalized spacial score (nSPS) is 12.5. The van der Waals surface area contributed by atoms with Gasteiger partial charge < -0.3 is 15.2 Å². The number of pyridine rings is 1. The summed E-state index contributed by atoms with van der Waals surface area (Å²) in [6, 6.07) is 1.59. The van der Waals surface area contributed by atoms with Gasteiger partial charge in [0.25, 0.3) is 0 Å². The zero-order chi connectivity index (χ0) is 10.6. The maximum Gasteiger partial charge on any atom is 0.147 e. The lowest BCUT2D eigenvalue weighted by atomic mass is 10.3. The molecule has 0 fully saturated rings. The first-order valence-corrected chi connectivity index (χ1v) is 4.58. The van der Waals surface area contributed by atoms with E-state index in [1.807, 2.05) is 6.92 Å². The van der Waals surface area contributed by atoms with Crippen LogP contribution in [-0.2, 0) is 4.74 Å². The van der Waals surface area contributed by atoms with Crippen molar-refractivity contribution in [2.24, 2.45) is 0 Å². The summed E-state index contributed by atoms with van der Waals surface area (Å²) in [7, 11) is 1.61. The summed E-state index contributed by atoms with van der Waals surface area (Å²) in [5, 5.41) is 0.360. The van der Waals surface area contributed by atoms with Crippen molar-refractivity contribution < 1.29 is 9.47 Å². The zero-order valence-corrected chi connectivity index (χ0v) is 8.91. The summed E-state index contributed by atoms with van der Waals surface area (Å²) in [6.07, 6.45) is 1.40. The molecule has 0 unspecified atom stereocenters. The summed E-state index contributed by atoms with van der Waals surface area (Å²) < 4.78 is 10.4. The molecule has 1 rings (SSSR count). The highest BCUT2D eigenvalue weighted by Gasteiger charge is 2.07. The Kier molecular flexibility index (Phi) is 3.98. The van der Waals surface area contributed by atoms with E-state index in [1.54, 1.807) is 13.2 Å². The lowest BCUT2D eigenvalue weighted by molar-refractivity contribution is 0.0925. The van der Waals surface area contributed by atoms with Crippen molar-refractivity contribution in [1.29, 1.82) is 0 Å². The first-order valence-electron chi connectivity index (χ1n) is 4.20. The minimum atomic E-state index is -0.0687. The summed E-state index contributed by atoms with van der Waals surface area (Å²) in [5.41, 5.74) is 6.12. The summed E-state index contributed by atoms with van der Waals surface area (Å²) in [5.74, 6) is 0.537. The van der Waals surface area contributed by atoms with Gasteiger partial charge in [-0.3, -0.25) is 0 Å². The van der Waals surface area contributed by atoms with Crippen molar-refractivity contribution in [2.45, 2.75) is 13.0 Å². The highest BCUT2D eigenvalue weighted by molar-refractivity contribution is 6.29. The largest absolute Gasteiger partial charge is 0.486 e. The van der Waals surface area contributed by atoms with E-state index in [0.717, 1.165) is 0 Å². The summed E-state index contributed by atoms with van der Waals surface area (Å²) in [4.78, 5) is 3.82. The van der Waals surface area contributed by atoms with Crippen molar-refractivity contribution in [2.75, 3.05) is 19.5 Å². The van der Waals surface area contributed by atoms with Gasteiger partial charge in [0.2, 0.25) is 0 Å². The molecule has 0 amide bonds. The fourth-order valence-electron chi connectivity index (χ4n) is 1.01. The molecule has 1 heterocycles. The second-order valence-electron chi connectivity index (χ2n) is 2.93. The monoisotopic (exact) mass is 216 g/mol. The third kappa shape index (κ3) is 3.05. The van der Waals surface area contributed by atoms with E-state index in [4.69, 9.17) is 26.8 Å². The van der Waals surface area contributed by atoms with Gasteiger partial charge in [-0.25, -0.2) is 4.98 Å². The van der Waals surface area contributed by atoms with Crippen molar-refractivity contribution in [3.05, 3.63) is 17.4 Å². The number of rotatable bonds is 4. The quantitative estimate of drug-likeness (QED) is 0.779. The average molecular weight is 217 g/mol. The predicted molar refractivity (Wildman–Crippen MR) is 55.6 cm³/mol. The highest BCUT2D eigenvalue weighted by atomic mass is 35.5. The van der Waals surface area contributed by atoms with Crippen LogP contribution in [0, 0.1) is 0 Å². The Bertz CT molecular complexity index is 307. The predicted octanol–water partition coefficient (Wildman–Crippen LogP) is 1.73. The van der Waals surface area contributed by atoms with E-state index >= 15 is 0 Å². The lowest BCUT2D eigenvalue weighted by Gasteiger charge is -2.14. The molecule has 0 aromatic carbocycles. The summed E-state index contributed by atoms with van der Waals surface area (Å²) >= 11 is 5.70. The highest BCUT2D eigenvalue weighted by Crippen LogP contribution is 2.24. The van der Waals surface area contributed by atoms with E-state index in [2.05, 4.69) is 4.98 Å². The van der Waals surface area contributed by atoms with Crippen LogP contribution in [0.25, 0.3) is 0 Å². The maximum atomic E-state index is 5.70. The molecule has 0 aliphatic carbocycles. The molecule has 4 nitrogen and oxygen atoms in total. The first-order chi connectivity index (χ1) is 6.63. The van der Waals surface area contributed by atoms with Crippen molar-refractivity contribution >= 4 is 17.3 Å². The van der Waals surface area contributed by atoms with E-state index in [1.165, 1.54) is 6.20 Å². The van der Waals surface area contributed by atoms with Gasteiger partial charge in [-0.2, -0.15) is 0 Å². The third-order valence-corrected chi connectivity index (χ3v) is 1.80. The van der Waals surface area contributed by atoms with Crippen LogP contribution in [-0.4, -0.2) is 24.8 Å². The number of anilines is 1. The lowest BCUT2D eigenvalue weighted by Crippen LogP contribution is -2.18. The number of hydrogen-bond acceptors (Lipinski definition) is 4. The van der Waals surface area contributed by atoms with Gasteiger partial charge in [-0.05, 0) is 6.92 Å². The van der Waals surface area contributed by atoms with Crippen LogP contribution in [0.4, 0.5) is 5.69 Å². The van der Waals surface area contributed by atoms with Gasteiger partial charge in [0.1, 0.15) is 17.0 Å². The average Bonchev–Trinajstić information content (AvgIpc) is 2.12. The molecule has 0 radical (unpaired) electrons. The molecule has 78 valence electrons. The Morgan fingerprint density at radius 2 is 2.36 bits per heavy atom. The van der Waals surface area contributed by atoms with Gasteiger partial charge in [0, 0.05) is 13.2 Å². The molecule has 0 saturated heterocycles. The van der Waals surface area contributed by atoms with E-state index < -0.39 is 0 Å². The molecule has 5 heteroatoms. The number of ether oxygens (including phenoxy) is 2. The molecule has 0 bridgehead atoms. The number of nitrogen functional groups attached to an aromatic ring is 1. The number of methoxy groups -OCH3 is 1. The number of nitrogens with zero attached hydrogens (tertiary/aromatic N) is 1. The molecule has 0 spiro atoms. The van der Waals surface area contributed by atoms with E-state index in [0.29, 0.717) is 23.2 Å². The minimum Gasteiger partial charge on any atom is -0.486 e. The fraction of sp³-hybridized carbons (Fsp3) is 0.444. The number of hydrogen-bond donors (Lipinski definition) is 1. The number of halogens is 1. The topological polar surface area (TPSA) is 57.4 Å². The van der Waals surface area contributed by atoms with Crippen molar-refractivity contribution in [3.8, 4) is 5.75 Å². The smallest absolute Gasteiger partial charge is 0.147 e. The molecule has 2 N–H and O–H groups in total. The second kappa shape index (κ2) is 5.02. The Balaban J connectivity index is 2.70. The molecule has 1 aromatic heterocycles. The van der Waals surface area contributed by atoms with Gasteiger partial charge in [0.15, 0.2) is 0 Å². The van der Waals surface area contributed by atoms with Crippen LogP contribution < -0.4 is 10.5 Å². The molecule has 1 atom stereocenters. The van der Waals surface area contributed by atoms with Crippen LogP contribution in [0.1, 0.15) is 6.92 Å². The Hall–Kier alpha value is -1.00. The molecule has 1 aromatic rings. The van der Waals surface area contributed by atoms with Gasteiger partial charge in [-0.15, -0.1) is 0 Å². The Morgan fingerprint density at radius 1 is 1.64 bits per heavy atom. The molecule has 0 saturated carbocycles. The zero-order valence-electron chi connectivity index (χ0n) is 8.16. The van der Waals surface area contributed by atoms with Gasteiger partial charge in [0.05, 0.1) is 18.5 Å². The molecular formula is C9H13ClN2O2. The SMILES string of the molecule is COC[C@H](C)Oc1cc(Cl)ncc1N.